The maximum atomic E-state index is 5.90. The van der Waals surface area contributed by atoms with Gasteiger partial charge in [-0.3, -0.25) is 4.98 Å². The lowest BCUT2D eigenvalue weighted by atomic mass is 10.1. The van der Waals surface area contributed by atoms with E-state index in [0.29, 0.717) is 6.04 Å². The molecule has 3 rings (SSSR count). The van der Waals surface area contributed by atoms with Crippen molar-refractivity contribution in [2.24, 2.45) is 5.92 Å². The number of pyridine rings is 1. The number of fused-ring (bicyclic) bond motifs is 1. The summed E-state index contributed by atoms with van der Waals surface area (Å²) in [4.78, 5) is 4.56. The van der Waals surface area contributed by atoms with Crippen LogP contribution in [0.2, 0.25) is 0 Å². The molecule has 1 saturated carbocycles. The minimum absolute atomic E-state index is 0.499. The molecule has 0 saturated heterocycles. The first-order chi connectivity index (χ1) is 9.11. The highest BCUT2D eigenvalue weighted by atomic mass is 14.9. The molecule has 0 aliphatic heterocycles. The molecule has 100 valence electrons. The molecule has 0 radical (unpaired) electrons. The second-order valence-corrected chi connectivity index (χ2v) is 5.81. The smallest absolute Gasteiger partial charge is 0.0727 e. The van der Waals surface area contributed by atoms with Gasteiger partial charge in [-0.2, -0.15) is 0 Å². The van der Waals surface area contributed by atoms with Crippen LogP contribution in [0.1, 0.15) is 31.9 Å². The average Bonchev–Trinajstić information content (AvgIpc) is 3.13. The van der Waals surface area contributed by atoms with Gasteiger partial charge in [-0.05, 0) is 50.5 Å². The Hall–Kier alpha value is -1.77. The van der Waals surface area contributed by atoms with Gasteiger partial charge >= 0.3 is 0 Å². The van der Waals surface area contributed by atoms with Crippen LogP contribution in [0.5, 0.6) is 0 Å². The van der Waals surface area contributed by atoms with Crippen LogP contribution in [0.4, 0.5) is 11.4 Å². The number of aryl methyl sites for hydroxylation is 1. The van der Waals surface area contributed by atoms with Gasteiger partial charge in [0.05, 0.1) is 5.52 Å². The molecule has 1 heterocycles. The monoisotopic (exact) mass is 255 g/mol. The number of nitrogen functional groups attached to an aromatic ring is 1. The normalized spacial score (nSPS) is 16.5. The molecule has 3 N–H and O–H groups in total. The van der Waals surface area contributed by atoms with Gasteiger partial charge in [0.15, 0.2) is 0 Å². The van der Waals surface area contributed by atoms with Crippen molar-refractivity contribution < 1.29 is 0 Å². The fraction of sp³-hybridized carbons (Fsp3) is 0.438. The van der Waals surface area contributed by atoms with Crippen molar-refractivity contribution in [1.29, 1.82) is 0 Å². The predicted octanol–water partition coefficient (Wildman–Crippen LogP) is 3.73. The van der Waals surface area contributed by atoms with E-state index in [1.165, 1.54) is 19.3 Å². The molecule has 2 aromatic rings. The molecule has 0 bridgehead atoms. The Morgan fingerprint density at radius 3 is 2.89 bits per heavy atom. The number of anilines is 2. The van der Waals surface area contributed by atoms with E-state index in [9.17, 15) is 0 Å². The topological polar surface area (TPSA) is 50.9 Å². The summed E-state index contributed by atoms with van der Waals surface area (Å²) in [7, 11) is 0. The fourth-order valence-electron chi connectivity index (χ4n) is 2.67. The summed E-state index contributed by atoms with van der Waals surface area (Å²) in [5.41, 5.74) is 9.89. The zero-order valence-electron chi connectivity index (χ0n) is 11.6. The largest absolute Gasteiger partial charge is 0.399 e. The molecule has 1 aromatic heterocycles. The van der Waals surface area contributed by atoms with Gasteiger partial charge in [0.1, 0.15) is 0 Å². The lowest BCUT2D eigenvalue weighted by molar-refractivity contribution is 0.642. The molecule has 1 fully saturated rings. The minimum atomic E-state index is 0.499. The maximum Gasteiger partial charge on any atom is 0.0727 e. The van der Waals surface area contributed by atoms with Crippen LogP contribution in [0, 0.1) is 12.8 Å². The third-order valence-electron chi connectivity index (χ3n) is 3.75. The lowest BCUT2D eigenvalue weighted by Gasteiger charge is -2.17. The highest BCUT2D eigenvalue weighted by molar-refractivity contribution is 5.93. The molecule has 3 heteroatoms. The zero-order chi connectivity index (χ0) is 13.4. The van der Waals surface area contributed by atoms with E-state index in [0.717, 1.165) is 33.9 Å². The van der Waals surface area contributed by atoms with E-state index in [-0.39, 0.29) is 0 Å². The van der Waals surface area contributed by atoms with Crippen molar-refractivity contribution in [2.75, 3.05) is 11.1 Å². The Bertz CT molecular complexity index is 602. The lowest BCUT2D eigenvalue weighted by Crippen LogP contribution is -2.16. The van der Waals surface area contributed by atoms with Crippen LogP contribution in [-0.2, 0) is 0 Å². The molecule has 1 aliphatic carbocycles. The molecular weight excluding hydrogens is 234 g/mol. The Kier molecular flexibility index (Phi) is 3.05. The first kappa shape index (κ1) is 12.3. The van der Waals surface area contributed by atoms with Crippen LogP contribution in [0.15, 0.2) is 24.3 Å². The highest BCUT2D eigenvalue weighted by Crippen LogP contribution is 2.34. The Labute approximate surface area is 114 Å². The van der Waals surface area contributed by atoms with Crippen LogP contribution in [0.3, 0.4) is 0 Å². The Morgan fingerprint density at radius 1 is 1.37 bits per heavy atom. The van der Waals surface area contributed by atoms with E-state index >= 15 is 0 Å². The van der Waals surface area contributed by atoms with Crippen LogP contribution in [0.25, 0.3) is 10.9 Å². The van der Waals surface area contributed by atoms with Crippen molar-refractivity contribution in [3.63, 3.8) is 0 Å². The quantitative estimate of drug-likeness (QED) is 0.818. The SMILES string of the molecule is Cc1cc(NC(C)CC2CC2)c2cc(N)ccc2n1. The predicted molar refractivity (Wildman–Crippen MR) is 81.3 cm³/mol. The van der Waals surface area contributed by atoms with E-state index in [4.69, 9.17) is 5.73 Å². The molecule has 0 amide bonds. The van der Waals surface area contributed by atoms with E-state index < -0.39 is 0 Å². The standard InChI is InChI=1S/C16H21N3/c1-10(7-12-3-4-12)19-16-8-11(2)18-15-6-5-13(17)9-14(15)16/h5-6,8-10,12H,3-4,7,17H2,1-2H3,(H,18,19). The van der Waals surface area contributed by atoms with Gasteiger partial charge in [0.2, 0.25) is 0 Å². The zero-order valence-corrected chi connectivity index (χ0v) is 11.6. The van der Waals surface area contributed by atoms with Gasteiger partial charge in [0.25, 0.3) is 0 Å². The first-order valence-corrected chi connectivity index (χ1v) is 7.05. The summed E-state index contributed by atoms with van der Waals surface area (Å²) >= 11 is 0. The molecule has 1 aliphatic rings. The van der Waals surface area contributed by atoms with Crippen LogP contribution in [-0.4, -0.2) is 11.0 Å². The van der Waals surface area contributed by atoms with Crippen molar-refractivity contribution >= 4 is 22.3 Å². The number of hydrogen-bond acceptors (Lipinski definition) is 3. The highest BCUT2D eigenvalue weighted by Gasteiger charge is 2.23. The second-order valence-electron chi connectivity index (χ2n) is 5.81. The minimum Gasteiger partial charge on any atom is -0.399 e. The summed E-state index contributed by atoms with van der Waals surface area (Å²) in [5, 5.41) is 4.75. The average molecular weight is 255 g/mol. The molecule has 1 aromatic carbocycles. The number of nitrogens with one attached hydrogen (secondary N) is 1. The van der Waals surface area contributed by atoms with Crippen molar-refractivity contribution in [2.45, 2.75) is 39.2 Å². The summed E-state index contributed by atoms with van der Waals surface area (Å²) in [5.74, 6) is 0.932. The van der Waals surface area contributed by atoms with Crippen LogP contribution >= 0.6 is 0 Å². The van der Waals surface area contributed by atoms with Gasteiger partial charge in [-0.25, -0.2) is 0 Å². The van der Waals surface area contributed by atoms with Gasteiger partial charge in [-0.15, -0.1) is 0 Å². The fourth-order valence-corrected chi connectivity index (χ4v) is 2.67. The van der Waals surface area contributed by atoms with E-state index in [1.54, 1.807) is 0 Å². The van der Waals surface area contributed by atoms with Crippen LogP contribution < -0.4 is 11.1 Å². The van der Waals surface area contributed by atoms with Crippen molar-refractivity contribution in [1.82, 2.24) is 4.98 Å². The molecular formula is C16H21N3. The number of hydrogen-bond donors (Lipinski definition) is 2. The molecule has 3 nitrogen and oxygen atoms in total. The van der Waals surface area contributed by atoms with Crippen molar-refractivity contribution in [3.8, 4) is 0 Å². The summed E-state index contributed by atoms with van der Waals surface area (Å²) in [6.45, 7) is 4.29. The van der Waals surface area contributed by atoms with Gasteiger partial charge in [-0.1, -0.05) is 12.8 Å². The second kappa shape index (κ2) is 4.72. The van der Waals surface area contributed by atoms with Gasteiger partial charge < -0.3 is 11.1 Å². The number of rotatable bonds is 4. The molecule has 1 atom stereocenters. The number of benzene rings is 1. The third-order valence-corrected chi connectivity index (χ3v) is 3.75. The molecule has 1 unspecified atom stereocenters. The van der Waals surface area contributed by atoms with Crippen molar-refractivity contribution in [3.05, 3.63) is 30.0 Å². The Morgan fingerprint density at radius 2 is 2.16 bits per heavy atom. The molecule has 19 heavy (non-hydrogen) atoms. The van der Waals surface area contributed by atoms with Gasteiger partial charge in [0, 0.05) is 28.5 Å². The summed E-state index contributed by atoms with van der Waals surface area (Å²) < 4.78 is 0. The Balaban J connectivity index is 1.93. The summed E-state index contributed by atoms with van der Waals surface area (Å²) in [6, 6.07) is 8.53. The van der Waals surface area contributed by atoms with E-state index in [1.807, 2.05) is 25.1 Å². The first-order valence-electron chi connectivity index (χ1n) is 7.05. The maximum absolute atomic E-state index is 5.90. The van der Waals surface area contributed by atoms with E-state index in [2.05, 4.69) is 23.3 Å². The molecule has 0 spiro atoms. The number of nitrogens with two attached hydrogens (primary N) is 1. The number of aromatic nitrogens is 1. The third kappa shape index (κ3) is 2.80. The summed E-state index contributed by atoms with van der Waals surface area (Å²) in [6.07, 6.45) is 4.05. The number of nitrogens with zero attached hydrogens (tertiary/aromatic N) is 1.